The summed E-state index contributed by atoms with van der Waals surface area (Å²) >= 11 is 7.40. The molecule has 3 rings (SSSR count). The Bertz CT molecular complexity index is 1030. The Balaban J connectivity index is 1.93. The number of carboxylic acids is 1. The van der Waals surface area contributed by atoms with Gasteiger partial charge in [-0.3, -0.25) is 14.2 Å². The molecule has 0 aliphatic carbocycles. The number of aliphatic carboxylic acids is 1. The van der Waals surface area contributed by atoms with Crippen molar-refractivity contribution in [1.29, 1.82) is 0 Å². The molecule has 3 aromatic rings. The van der Waals surface area contributed by atoms with Gasteiger partial charge in [0.25, 0.3) is 0 Å². The largest absolute Gasteiger partial charge is 0.481 e. The molecule has 27 heavy (non-hydrogen) atoms. The van der Waals surface area contributed by atoms with E-state index in [9.17, 15) is 9.59 Å². The number of ether oxygens (including phenoxy) is 1. The number of hydrogen-bond donors (Lipinski definition) is 1. The Morgan fingerprint density at radius 3 is 2.70 bits per heavy atom. The fourth-order valence-electron chi connectivity index (χ4n) is 2.61. The lowest BCUT2D eigenvalue weighted by molar-refractivity contribution is -0.137. The van der Waals surface area contributed by atoms with Gasteiger partial charge in [-0.25, -0.2) is 9.97 Å². The summed E-state index contributed by atoms with van der Waals surface area (Å²) in [5.74, 6) is 0.0366. The molecule has 0 aliphatic rings. The van der Waals surface area contributed by atoms with Crippen molar-refractivity contribution in [2.75, 3.05) is 0 Å². The van der Waals surface area contributed by atoms with Gasteiger partial charge in [-0.2, -0.15) is 0 Å². The molecule has 2 aromatic heterocycles. The molecule has 1 atom stereocenters. The summed E-state index contributed by atoms with van der Waals surface area (Å²) in [5, 5.41) is 9.20. The SMILES string of the molecule is CC[C@H](Oc1cc2sc(=O)n(CCC(=O)O)c2cc1Cl)c1ncc(C)cn1. The van der Waals surface area contributed by atoms with E-state index in [0.29, 0.717) is 33.2 Å². The topological polar surface area (TPSA) is 94.3 Å². The van der Waals surface area contributed by atoms with Crippen molar-refractivity contribution in [3.63, 3.8) is 0 Å². The van der Waals surface area contributed by atoms with E-state index < -0.39 is 5.97 Å². The molecule has 0 aliphatic heterocycles. The zero-order chi connectivity index (χ0) is 19.6. The Morgan fingerprint density at radius 2 is 2.07 bits per heavy atom. The third-order valence-electron chi connectivity index (χ3n) is 4.00. The van der Waals surface area contributed by atoms with Crippen LogP contribution in [0.3, 0.4) is 0 Å². The Morgan fingerprint density at radius 1 is 1.37 bits per heavy atom. The molecule has 142 valence electrons. The number of benzene rings is 1. The number of aryl methyl sites for hydroxylation is 2. The lowest BCUT2D eigenvalue weighted by atomic mass is 10.2. The molecule has 0 bridgehead atoms. The van der Waals surface area contributed by atoms with E-state index in [1.54, 1.807) is 24.5 Å². The number of hydrogen-bond acceptors (Lipinski definition) is 6. The first-order valence-corrected chi connectivity index (χ1v) is 9.58. The number of thiazole rings is 1. The summed E-state index contributed by atoms with van der Waals surface area (Å²) in [6.07, 6.45) is 3.60. The number of aromatic nitrogens is 3. The first-order chi connectivity index (χ1) is 12.9. The van der Waals surface area contributed by atoms with Gasteiger partial charge in [-0.1, -0.05) is 29.9 Å². The van der Waals surface area contributed by atoms with Crippen molar-refractivity contribution >= 4 is 39.1 Å². The van der Waals surface area contributed by atoms with E-state index in [1.807, 2.05) is 13.8 Å². The van der Waals surface area contributed by atoms with Crippen LogP contribution in [0.5, 0.6) is 5.75 Å². The third kappa shape index (κ3) is 4.28. The summed E-state index contributed by atoms with van der Waals surface area (Å²) in [7, 11) is 0. The van der Waals surface area contributed by atoms with E-state index in [0.717, 1.165) is 16.9 Å². The molecule has 0 radical (unpaired) electrons. The minimum Gasteiger partial charge on any atom is -0.481 e. The average Bonchev–Trinajstić information content (AvgIpc) is 2.93. The quantitative estimate of drug-likeness (QED) is 0.639. The van der Waals surface area contributed by atoms with Crippen LogP contribution in [0.4, 0.5) is 0 Å². The van der Waals surface area contributed by atoms with Crippen molar-refractivity contribution in [3.8, 4) is 5.75 Å². The molecule has 0 unspecified atom stereocenters. The van der Waals surface area contributed by atoms with E-state index in [4.69, 9.17) is 21.4 Å². The van der Waals surface area contributed by atoms with Crippen LogP contribution >= 0.6 is 22.9 Å². The van der Waals surface area contributed by atoms with E-state index in [1.165, 1.54) is 4.57 Å². The molecule has 2 heterocycles. The number of carboxylic acid groups (broad SMARTS) is 1. The second kappa shape index (κ2) is 8.06. The Kier molecular flexibility index (Phi) is 5.76. The molecule has 0 spiro atoms. The summed E-state index contributed by atoms with van der Waals surface area (Å²) in [6.45, 7) is 3.97. The van der Waals surface area contributed by atoms with Gasteiger partial charge in [0, 0.05) is 25.0 Å². The van der Waals surface area contributed by atoms with Crippen LogP contribution in [-0.4, -0.2) is 25.6 Å². The second-order valence-corrected chi connectivity index (χ2v) is 7.45. The fraction of sp³-hybridized carbons (Fsp3) is 0.333. The van der Waals surface area contributed by atoms with Gasteiger partial charge in [0.1, 0.15) is 5.75 Å². The first-order valence-electron chi connectivity index (χ1n) is 8.39. The van der Waals surface area contributed by atoms with Crippen molar-refractivity contribution in [2.45, 2.75) is 39.3 Å². The predicted molar refractivity (Wildman–Crippen MR) is 104 cm³/mol. The lowest BCUT2D eigenvalue weighted by Gasteiger charge is -2.17. The molecule has 0 saturated carbocycles. The standard InChI is InChI=1S/C18H18ClN3O4S/c1-3-13(17-20-8-10(2)9-21-17)26-14-7-15-12(6-11(14)19)22(18(25)27-15)5-4-16(23)24/h6-9,13H,3-5H2,1-2H3,(H,23,24)/t13-/m0/s1. The normalized spacial score (nSPS) is 12.3. The fourth-order valence-corrected chi connectivity index (χ4v) is 3.74. The minimum absolute atomic E-state index is 0.0967. The van der Waals surface area contributed by atoms with Crippen LogP contribution in [0.25, 0.3) is 10.2 Å². The lowest BCUT2D eigenvalue weighted by Crippen LogP contribution is -2.15. The van der Waals surface area contributed by atoms with Crippen LogP contribution in [-0.2, 0) is 11.3 Å². The van der Waals surface area contributed by atoms with Gasteiger partial charge in [0.05, 0.1) is 21.7 Å². The second-order valence-electron chi connectivity index (χ2n) is 6.05. The molecule has 0 saturated heterocycles. The van der Waals surface area contributed by atoms with Gasteiger partial charge in [0.2, 0.25) is 0 Å². The average molecular weight is 408 g/mol. The number of fused-ring (bicyclic) bond motifs is 1. The number of halogens is 1. The van der Waals surface area contributed by atoms with Crippen molar-refractivity contribution in [3.05, 3.63) is 50.6 Å². The maximum absolute atomic E-state index is 12.2. The van der Waals surface area contributed by atoms with E-state index in [2.05, 4.69) is 9.97 Å². The van der Waals surface area contributed by atoms with Gasteiger partial charge >= 0.3 is 10.8 Å². The van der Waals surface area contributed by atoms with Gasteiger partial charge in [0.15, 0.2) is 11.9 Å². The molecule has 9 heteroatoms. The smallest absolute Gasteiger partial charge is 0.308 e. The van der Waals surface area contributed by atoms with Crippen molar-refractivity contribution < 1.29 is 14.6 Å². The molecule has 0 fully saturated rings. The van der Waals surface area contributed by atoms with Gasteiger partial charge in [-0.15, -0.1) is 0 Å². The van der Waals surface area contributed by atoms with Crippen LogP contribution in [0, 0.1) is 6.92 Å². The summed E-state index contributed by atoms with van der Waals surface area (Å²) in [6, 6.07) is 3.34. The maximum Gasteiger partial charge on any atom is 0.308 e. The highest BCUT2D eigenvalue weighted by molar-refractivity contribution is 7.16. The van der Waals surface area contributed by atoms with Crippen LogP contribution in [0.1, 0.15) is 37.3 Å². The van der Waals surface area contributed by atoms with Crippen LogP contribution < -0.4 is 9.61 Å². The predicted octanol–water partition coefficient (Wildman–Crippen LogP) is 3.82. The minimum atomic E-state index is -0.962. The van der Waals surface area contributed by atoms with Crippen molar-refractivity contribution in [1.82, 2.24) is 14.5 Å². The molecular formula is C18H18ClN3O4S. The maximum atomic E-state index is 12.2. The number of nitrogens with zero attached hydrogens (tertiary/aromatic N) is 3. The van der Waals surface area contributed by atoms with Gasteiger partial charge in [-0.05, 0) is 25.0 Å². The molecule has 1 N–H and O–H groups in total. The van der Waals surface area contributed by atoms with Crippen molar-refractivity contribution in [2.24, 2.45) is 0 Å². The van der Waals surface area contributed by atoms with E-state index >= 15 is 0 Å². The zero-order valence-corrected chi connectivity index (χ0v) is 16.4. The molecule has 1 aromatic carbocycles. The highest BCUT2D eigenvalue weighted by Crippen LogP contribution is 2.34. The van der Waals surface area contributed by atoms with Crippen LogP contribution in [0.2, 0.25) is 5.02 Å². The zero-order valence-electron chi connectivity index (χ0n) is 14.8. The van der Waals surface area contributed by atoms with Crippen LogP contribution in [0.15, 0.2) is 29.3 Å². The number of rotatable bonds is 7. The highest BCUT2D eigenvalue weighted by Gasteiger charge is 2.18. The monoisotopic (exact) mass is 407 g/mol. The molecule has 0 amide bonds. The van der Waals surface area contributed by atoms with E-state index in [-0.39, 0.29) is 23.9 Å². The molecule has 7 nitrogen and oxygen atoms in total. The first kappa shape index (κ1) is 19.3. The highest BCUT2D eigenvalue weighted by atomic mass is 35.5. The summed E-state index contributed by atoms with van der Waals surface area (Å²) < 4.78 is 8.13. The number of carbonyl (C=O) groups is 1. The summed E-state index contributed by atoms with van der Waals surface area (Å²) in [4.78, 5) is 31.4. The Hall–Kier alpha value is -2.45. The molecular weight excluding hydrogens is 390 g/mol. The Labute approximate surface area is 164 Å². The van der Waals surface area contributed by atoms with Gasteiger partial charge < -0.3 is 9.84 Å². The summed E-state index contributed by atoms with van der Waals surface area (Å²) in [5.41, 5.74) is 1.56. The third-order valence-corrected chi connectivity index (χ3v) is 5.24.